The van der Waals surface area contributed by atoms with Crippen LogP contribution in [0.3, 0.4) is 0 Å². The SMILES string of the molecule is CCCNS(=O)(=O)N1C[C@@H](N)[C@H](c2cn(C)cn2)C1. The molecule has 0 unspecified atom stereocenters. The van der Waals surface area contributed by atoms with Gasteiger partial charge in [-0.05, 0) is 6.42 Å². The summed E-state index contributed by atoms with van der Waals surface area (Å²) in [5.41, 5.74) is 6.90. The van der Waals surface area contributed by atoms with Gasteiger partial charge >= 0.3 is 0 Å². The van der Waals surface area contributed by atoms with E-state index in [4.69, 9.17) is 5.73 Å². The monoisotopic (exact) mass is 287 g/mol. The molecule has 2 atom stereocenters. The Morgan fingerprint density at radius 2 is 2.26 bits per heavy atom. The molecule has 0 spiro atoms. The summed E-state index contributed by atoms with van der Waals surface area (Å²) < 4.78 is 29.9. The van der Waals surface area contributed by atoms with Crippen molar-refractivity contribution in [3.05, 3.63) is 18.2 Å². The molecule has 8 heteroatoms. The fourth-order valence-electron chi connectivity index (χ4n) is 2.25. The highest BCUT2D eigenvalue weighted by atomic mass is 32.2. The maximum Gasteiger partial charge on any atom is 0.279 e. The van der Waals surface area contributed by atoms with Crippen LogP contribution in [0.25, 0.3) is 0 Å². The van der Waals surface area contributed by atoms with Crippen molar-refractivity contribution in [2.45, 2.75) is 25.3 Å². The number of hydrogen-bond donors (Lipinski definition) is 2. The molecule has 3 N–H and O–H groups in total. The molecule has 1 fully saturated rings. The smallest absolute Gasteiger partial charge is 0.279 e. The lowest BCUT2D eigenvalue weighted by atomic mass is 10.0. The first-order chi connectivity index (χ1) is 8.94. The zero-order valence-electron chi connectivity index (χ0n) is 11.3. The van der Waals surface area contributed by atoms with Crippen LogP contribution in [-0.4, -0.2) is 48.0 Å². The van der Waals surface area contributed by atoms with Gasteiger partial charge in [0.15, 0.2) is 0 Å². The number of imidazole rings is 1. The van der Waals surface area contributed by atoms with E-state index in [1.54, 1.807) is 6.33 Å². The zero-order chi connectivity index (χ0) is 14.0. The third kappa shape index (κ3) is 3.14. The molecule has 0 aromatic carbocycles. The van der Waals surface area contributed by atoms with Crippen LogP contribution in [0.2, 0.25) is 0 Å². The molecule has 0 aliphatic carbocycles. The Balaban J connectivity index is 2.09. The van der Waals surface area contributed by atoms with Crippen LogP contribution in [0.15, 0.2) is 12.5 Å². The summed E-state index contributed by atoms with van der Waals surface area (Å²) >= 11 is 0. The quantitative estimate of drug-likeness (QED) is 0.755. The van der Waals surface area contributed by atoms with Crippen molar-refractivity contribution in [3.63, 3.8) is 0 Å². The molecule has 0 saturated carbocycles. The summed E-state index contributed by atoms with van der Waals surface area (Å²) in [6.45, 7) is 3.09. The first-order valence-electron chi connectivity index (χ1n) is 6.42. The highest BCUT2D eigenvalue weighted by Crippen LogP contribution is 2.26. The Morgan fingerprint density at radius 1 is 1.53 bits per heavy atom. The first-order valence-corrected chi connectivity index (χ1v) is 7.86. The summed E-state index contributed by atoms with van der Waals surface area (Å²) in [5.74, 6) is -0.0422. The maximum absolute atomic E-state index is 12.1. The number of hydrogen-bond acceptors (Lipinski definition) is 4. The van der Waals surface area contributed by atoms with Crippen LogP contribution in [0, 0.1) is 0 Å². The van der Waals surface area contributed by atoms with E-state index in [0.29, 0.717) is 19.6 Å². The molecular formula is C11H21N5O2S. The molecule has 2 rings (SSSR count). The third-order valence-electron chi connectivity index (χ3n) is 3.31. The van der Waals surface area contributed by atoms with Gasteiger partial charge in [0.1, 0.15) is 0 Å². The van der Waals surface area contributed by atoms with E-state index >= 15 is 0 Å². The van der Waals surface area contributed by atoms with Crippen molar-refractivity contribution >= 4 is 10.2 Å². The summed E-state index contributed by atoms with van der Waals surface area (Å²) in [7, 11) is -1.54. The number of nitrogens with one attached hydrogen (secondary N) is 1. The molecule has 19 heavy (non-hydrogen) atoms. The third-order valence-corrected chi connectivity index (χ3v) is 4.86. The molecule has 108 valence electrons. The molecule has 0 amide bonds. The second-order valence-electron chi connectivity index (χ2n) is 4.95. The highest BCUT2D eigenvalue weighted by molar-refractivity contribution is 7.87. The number of aryl methyl sites for hydroxylation is 1. The van der Waals surface area contributed by atoms with Crippen LogP contribution in [0.1, 0.15) is 25.0 Å². The fourth-order valence-corrected chi connectivity index (χ4v) is 3.62. The van der Waals surface area contributed by atoms with Gasteiger partial charge in [0, 0.05) is 44.8 Å². The standard InChI is InChI=1S/C11H21N5O2S/c1-3-4-14-19(17,18)16-5-9(10(12)6-16)11-7-15(2)8-13-11/h7-10,14H,3-6,12H2,1-2H3/t9-,10-/m1/s1. The summed E-state index contributed by atoms with van der Waals surface area (Å²) in [6, 6.07) is -0.215. The van der Waals surface area contributed by atoms with Gasteiger partial charge in [-0.2, -0.15) is 12.7 Å². The lowest BCUT2D eigenvalue weighted by Gasteiger charge is -2.16. The summed E-state index contributed by atoms with van der Waals surface area (Å²) in [4.78, 5) is 4.27. The van der Waals surface area contributed by atoms with Gasteiger partial charge in [-0.3, -0.25) is 0 Å². The van der Waals surface area contributed by atoms with Crippen molar-refractivity contribution < 1.29 is 8.42 Å². The molecule has 7 nitrogen and oxygen atoms in total. The van der Waals surface area contributed by atoms with Crippen LogP contribution in [0.4, 0.5) is 0 Å². The Labute approximate surface area is 114 Å². The van der Waals surface area contributed by atoms with Gasteiger partial charge in [-0.1, -0.05) is 6.92 Å². The van der Waals surface area contributed by atoms with E-state index < -0.39 is 10.2 Å². The Kier molecular flexibility index (Phi) is 4.24. The molecule has 1 aliphatic rings. The van der Waals surface area contributed by atoms with Crippen molar-refractivity contribution in [1.82, 2.24) is 18.6 Å². The van der Waals surface area contributed by atoms with E-state index in [0.717, 1.165) is 12.1 Å². The normalized spacial score (nSPS) is 25.0. The summed E-state index contributed by atoms with van der Waals surface area (Å²) in [5, 5.41) is 0. The lowest BCUT2D eigenvalue weighted by Crippen LogP contribution is -2.40. The van der Waals surface area contributed by atoms with Crippen molar-refractivity contribution in [2.24, 2.45) is 12.8 Å². The predicted octanol–water partition coefficient (Wildman–Crippen LogP) is -0.609. The van der Waals surface area contributed by atoms with Crippen LogP contribution in [0.5, 0.6) is 0 Å². The van der Waals surface area contributed by atoms with Gasteiger partial charge in [0.2, 0.25) is 0 Å². The topological polar surface area (TPSA) is 93.3 Å². The second kappa shape index (κ2) is 5.58. The van der Waals surface area contributed by atoms with Gasteiger partial charge in [-0.15, -0.1) is 0 Å². The molecule has 1 aliphatic heterocycles. The number of nitrogens with zero attached hydrogens (tertiary/aromatic N) is 3. The van der Waals surface area contributed by atoms with E-state index in [1.165, 1.54) is 4.31 Å². The van der Waals surface area contributed by atoms with Gasteiger partial charge in [0.05, 0.1) is 12.0 Å². The van der Waals surface area contributed by atoms with Gasteiger partial charge < -0.3 is 10.3 Å². The largest absolute Gasteiger partial charge is 0.340 e. The lowest BCUT2D eigenvalue weighted by molar-refractivity contribution is 0.458. The first kappa shape index (κ1) is 14.4. The number of nitrogens with two attached hydrogens (primary N) is 1. The average molecular weight is 287 g/mol. The molecule has 1 aromatic heterocycles. The number of aromatic nitrogens is 2. The Morgan fingerprint density at radius 3 is 2.84 bits per heavy atom. The van der Waals surface area contributed by atoms with Crippen molar-refractivity contribution in [3.8, 4) is 0 Å². The minimum absolute atomic E-state index is 0.0422. The Hall–Kier alpha value is -0.960. The molecule has 0 radical (unpaired) electrons. The second-order valence-corrected chi connectivity index (χ2v) is 6.71. The molecular weight excluding hydrogens is 266 g/mol. The van der Waals surface area contributed by atoms with Crippen LogP contribution < -0.4 is 10.5 Å². The number of rotatable bonds is 5. The maximum atomic E-state index is 12.1. The highest BCUT2D eigenvalue weighted by Gasteiger charge is 2.38. The van der Waals surface area contributed by atoms with Crippen LogP contribution >= 0.6 is 0 Å². The van der Waals surface area contributed by atoms with E-state index in [-0.39, 0.29) is 12.0 Å². The average Bonchev–Trinajstić information content (AvgIpc) is 2.93. The van der Waals surface area contributed by atoms with Gasteiger partial charge in [0.25, 0.3) is 10.2 Å². The molecule has 1 saturated heterocycles. The minimum atomic E-state index is -3.42. The predicted molar refractivity (Wildman–Crippen MR) is 72.7 cm³/mol. The summed E-state index contributed by atoms with van der Waals surface area (Å²) in [6.07, 6.45) is 4.36. The van der Waals surface area contributed by atoms with Crippen molar-refractivity contribution in [2.75, 3.05) is 19.6 Å². The zero-order valence-corrected chi connectivity index (χ0v) is 12.1. The molecule has 1 aromatic rings. The van der Waals surface area contributed by atoms with E-state index in [2.05, 4.69) is 9.71 Å². The van der Waals surface area contributed by atoms with Gasteiger partial charge in [-0.25, -0.2) is 9.71 Å². The van der Waals surface area contributed by atoms with E-state index in [9.17, 15) is 8.42 Å². The van der Waals surface area contributed by atoms with E-state index in [1.807, 2.05) is 24.7 Å². The molecule has 2 heterocycles. The molecule has 0 bridgehead atoms. The van der Waals surface area contributed by atoms with Crippen LogP contribution in [-0.2, 0) is 17.3 Å². The minimum Gasteiger partial charge on any atom is -0.340 e. The fraction of sp³-hybridized carbons (Fsp3) is 0.727. The van der Waals surface area contributed by atoms with Crippen molar-refractivity contribution in [1.29, 1.82) is 0 Å². The Bertz CT molecular complexity index is 527.